The second kappa shape index (κ2) is 23.1. The number of benzene rings is 5. The summed E-state index contributed by atoms with van der Waals surface area (Å²) in [6.45, 7) is 7.40. The third-order valence-electron chi connectivity index (χ3n) is 10.1. The van der Waals surface area contributed by atoms with Crippen molar-refractivity contribution >= 4 is 11.8 Å². The Bertz CT molecular complexity index is 2970. The number of aryl methyl sites for hydroxylation is 3. The average molecular weight is 849 g/mol. The summed E-state index contributed by atoms with van der Waals surface area (Å²) in [5.41, 5.74) is 11.7. The first-order valence-electron chi connectivity index (χ1n) is 21.8. The Morgan fingerprint density at radius 1 is 0.531 bits per heavy atom. The van der Waals surface area contributed by atoms with Gasteiger partial charge in [-0.05, 0) is 135 Å². The Morgan fingerprint density at radius 2 is 1.00 bits per heavy atom. The zero-order chi connectivity index (χ0) is 44.4. The van der Waals surface area contributed by atoms with Crippen molar-refractivity contribution in [2.24, 2.45) is 7.05 Å². The van der Waals surface area contributed by atoms with Crippen LogP contribution in [-0.4, -0.2) is 19.0 Å². The smallest absolute Gasteiger partial charge is 0.168 e. The van der Waals surface area contributed by atoms with Gasteiger partial charge in [-0.2, -0.15) is 0 Å². The summed E-state index contributed by atoms with van der Waals surface area (Å²) in [7, 11) is 2.04. The molecule has 1 aliphatic rings. The lowest BCUT2D eigenvalue weighted by atomic mass is 10.0. The maximum Gasteiger partial charge on any atom is 0.168 e. The van der Waals surface area contributed by atoms with E-state index in [1.54, 1.807) is 0 Å². The molecule has 0 N–H and O–H groups in total. The lowest BCUT2D eigenvalue weighted by molar-refractivity contribution is -0.671. The van der Waals surface area contributed by atoms with Gasteiger partial charge >= 0.3 is 0 Å². The first-order valence-corrected chi connectivity index (χ1v) is 22.8. The number of ether oxygens (including phenoxy) is 2. The quantitative estimate of drug-likeness (QED) is 0.0779. The van der Waals surface area contributed by atoms with Crippen LogP contribution < -0.4 is 14.0 Å². The maximum absolute atomic E-state index is 6.21. The van der Waals surface area contributed by atoms with Crippen LogP contribution in [0.4, 0.5) is 0 Å². The minimum atomic E-state index is 0.568. The molecule has 0 fully saturated rings. The van der Waals surface area contributed by atoms with Crippen molar-refractivity contribution in [3.05, 3.63) is 213 Å². The Kier molecular flexibility index (Phi) is 16.1. The van der Waals surface area contributed by atoms with Gasteiger partial charge in [0.1, 0.15) is 18.5 Å². The van der Waals surface area contributed by atoms with Crippen LogP contribution in [0, 0.1) is 66.1 Å². The number of rotatable bonds is 10. The molecule has 0 saturated carbocycles. The molecule has 0 amide bonds. The van der Waals surface area contributed by atoms with Crippen molar-refractivity contribution in [2.45, 2.75) is 51.3 Å². The van der Waals surface area contributed by atoms with Gasteiger partial charge in [-0.25, -0.2) is 4.57 Å². The van der Waals surface area contributed by atoms with E-state index in [9.17, 15) is 0 Å². The molecule has 6 aromatic rings. The van der Waals surface area contributed by atoms with Crippen molar-refractivity contribution < 1.29 is 14.0 Å². The molecule has 1 heterocycles. The minimum Gasteiger partial charge on any atom is -0.492 e. The van der Waals surface area contributed by atoms with E-state index in [0.717, 1.165) is 92.6 Å². The third-order valence-corrected chi connectivity index (χ3v) is 11.1. The second-order valence-corrected chi connectivity index (χ2v) is 16.5. The largest absolute Gasteiger partial charge is 0.492 e. The molecule has 0 unspecified atom stereocenters. The maximum atomic E-state index is 6.21. The van der Waals surface area contributed by atoms with Crippen LogP contribution in [0.5, 0.6) is 11.5 Å². The van der Waals surface area contributed by atoms with E-state index in [-0.39, 0.29) is 0 Å². The number of hydrogen-bond donors (Lipinski definition) is 0. The second-order valence-electron chi connectivity index (χ2n) is 15.3. The molecule has 7 rings (SSSR count). The van der Waals surface area contributed by atoms with Crippen LogP contribution >= 0.6 is 11.8 Å². The molecule has 64 heavy (non-hydrogen) atoms. The van der Waals surface area contributed by atoms with Gasteiger partial charge in [-0.3, -0.25) is 0 Å². The Labute approximate surface area is 384 Å². The molecule has 0 aliphatic heterocycles. The number of thioether (sulfide) groups is 1. The van der Waals surface area contributed by atoms with E-state index in [4.69, 9.17) is 9.47 Å². The zero-order valence-electron chi connectivity index (χ0n) is 37.0. The van der Waals surface area contributed by atoms with Gasteiger partial charge in [-0.15, -0.1) is 11.8 Å². The number of aromatic nitrogens is 1. The predicted molar refractivity (Wildman–Crippen MR) is 263 cm³/mol. The SMILES string of the molecule is CCCOc1cc(C#Cc2ccc(C#Cc3ccc(C#Cc4ccc(SCCc5cc[n+](C)cc5)cc4)cc3C)cc2)c(OCCC)cc1C#Cc1ccc(C#CC2=CC=CC2)cc1. The Balaban J connectivity index is 0.989. The summed E-state index contributed by atoms with van der Waals surface area (Å²) >= 11 is 1.87. The minimum absolute atomic E-state index is 0.568. The molecule has 5 aromatic carbocycles. The van der Waals surface area contributed by atoms with Crippen LogP contribution in [0.3, 0.4) is 0 Å². The Hall–Kier alpha value is -7.52. The fourth-order valence-corrected chi connectivity index (χ4v) is 7.35. The topological polar surface area (TPSA) is 22.3 Å². The molecule has 4 heteroatoms. The van der Waals surface area contributed by atoms with Gasteiger partial charge in [0, 0.05) is 79.4 Å². The molecular weight excluding hydrogens is 799 g/mol. The van der Waals surface area contributed by atoms with Crippen LogP contribution in [0.2, 0.25) is 0 Å². The van der Waals surface area contributed by atoms with E-state index in [0.29, 0.717) is 24.7 Å². The van der Waals surface area contributed by atoms with E-state index < -0.39 is 0 Å². The summed E-state index contributed by atoms with van der Waals surface area (Å²) < 4.78 is 14.5. The predicted octanol–water partition coefficient (Wildman–Crippen LogP) is 11.6. The molecule has 0 bridgehead atoms. The summed E-state index contributed by atoms with van der Waals surface area (Å²) in [6, 6.07) is 39.0. The third kappa shape index (κ3) is 13.5. The molecule has 0 atom stereocenters. The van der Waals surface area contributed by atoms with E-state index in [2.05, 4.69) is 152 Å². The highest BCUT2D eigenvalue weighted by atomic mass is 32.2. The van der Waals surface area contributed by atoms with Crippen molar-refractivity contribution in [3.63, 3.8) is 0 Å². The number of allylic oxidation sites excluding steroid dienone is 4. The monoisotopic (exact) mass is 848 g/mol. The van der Waals surface area contributed by atoms with Gasteiger partial charge in [0.2, 0.25) is 0 Å². The lowest BCUT2D eigenvalue weighted by Gasteiger charge is -2.13. The molecule has 0 spiro atoms. The van der Waals surface area contributed by atoms with Crippen LogP contribution in [0.25, 0.3) is 0 Å². The van der Waals surface area contributed by atoms with Gasteiger partial charge in [0.25, 0.3) is 0 Å². The van der Waals surface area contributed by atoms with Crippen molar-refractivity contribution in [1.82, 2.24) is 0 Å². The summed E-state index contributed by atoms with van der Waals surface area (Å²) in [5, 5.41) is 0. The molecular formula is C60H50NO2S+. The molecule has 1 aromatic heterocycles. The lowest BCUT2D eigenvalue weighted by Crippen LogP contribution is -2.25. The fraction of sp³-hybridized carbons (Fsp3) is 0.183. The molecule has 1 aliphatic carbocycles. The number of pyridine rings is 1. The van der Waals surface area contributed by atoms with Crippen molar-refractivity contribution in [2.75, 3.05) is 19.0 Å². The van der Waals surface area contributed by atoms with Gasteiger partial charge in [0.05, 0.1) is 24.3 Å². The first kappa shape index (κ1) is 44.5. The van der Waals surface area contributed by atoms with Gasteiger partial charge in [0.15, 0.2) is 12.4 Å². The number of hydrogen-bond acceptors (Lipinski definition) is 3. The highest BCUT2D eigenvalue weighted by molar-refractivity contribution is 7.99. The molecule has 0 radical (unpaired) electrons. The van der Waals surface area contributed by atoms with E-state index in [1.807, 2.05) is 97.7 Å². The standard InChI is InChI=1S/C60H50NO2S/c1-5-40-62-59-45-57(60(63-41-6-2)44-56(59)31-24-50-15-13-48(14-16-50)12-11-47-9-7-8-10-47)32-25-51-19-17-49(18-20-51)23-29-55-30-26-54(43-46(55)3)22-21-52-27-33-58(34-28-52)64-42-37-53-35-38-61(4)39-36-53/h7-9,13-20,26-28,30,33-36,38-39,43-45H,5-6,10,37,40-42H2,1-4H3/q+1. The highest BCUT2D eigenvalue weighted by Crippen LogP contribution is 2.29. The average Bonchev–Trinajstić information content (AvgIpc) is 3.86. The fourth-order valence-electron chi connectivity index (χ4n) is 6.45. The van der Waals surface area contributed by atoms with Crippen molar-refractivity contribution in [1.29, 1.82) is 0 Å². The van der Waals surface area contributed by atoms with Crippen LogP contribution in [0.15, 0.2) is 156 Å². The van der Waals surface area contributed by atoms with Crippen LogP contribution in [0.1, 0.15) is 94.3 Å². The summed E-state index contributed by atoms with van der Waals surface area (Å²) in [5.74, 6) is 35.5. The van der Waals surface area contributed by atoms with E-state index in [1.165, 1.54) is 10.5 Å². The van der Waals surface area contributed by atoms with Gasteiger partial charge < -0.3 is 9.47 Å². The molecule has 3 nitrogen and oxygen atoms in total. The highest BCUT2D eigenvalue weighted by Gasteiger charge is 2.11. The Morgan fingerprint density at radius 3 is 1.50 bits per heavy atom. The number of nitrogens with zero attached hydrogens (tertiary/aromatic N) is 1. The van der Waals surface area contributed by atoms with Gasteiger partial charge in [-0.1, -0.05) is 91.3 Å². The summed E-state index contributed by atoms with van der Waals surface area (Å²) in [4.78, 5) is 1.26. The summed E-state index contributed by atoms with van der Waals surface area (Å²) in [6.07, 6.45) is 14.1. The van der Waals surface area contributed by atoms with Crippen LogP contribution in [-0.2, 0) is 13.5 Å². The molecule has 312 valence electrons. The molecule has 0 saturated heterocycles. The van der Waals surface area contributed by atoms with E-state index >= 15 is 0 Å². The normalized spacial score (nSPS) is 10.9. The first-order chi connectivity index (χ1) is 31.4. The van der Waals surface area contributed by atoms with Crippen molar-refractivity contribution in [3.8, 4) is 70.7 Å². The zero-order valence-corrected chi connectivity index (χ0v) is 37.8.